The Bertz CT molecular complexity index is 1820. The fourth-order valence-electron chi connectivity index (χ4n) is 4.28. The summed E-state index contributed by atoms with van der Waals surface area (Å²) < 4.78 is 107. The van der Waals surface area contributed by atoms with Gasteiger partial charge in [0, 0.05) is 5.69 Å². The summed E-state index contributed by atoms with van der Waals surface area (Å²) in [6.45, 7) is 6.08. The molecular weight excluding hydrogens is 639 g/mol. The van der Waals surface area contributed by atoms with Gasteiger partial charge in [-0.25, -0.2) is 26.4 Å². The summed E-state index contributed by atoms with van der Waals surface area (Å²) in [5.41, 5.74) is -1.32. The van der Waals surface area contributed by atoms with Crippen molar-refractivity contribution in [1.29, 1.82) is 0 Å². The number of amides is 2. The van der Waals surface area contributed by atoms with E-state index in [1.165, 1.54) is 30.3 Å². The zero-order chi connectivity index (χ0) is 33.4. The van der Waals surface area contributed by atoms with E-state index in [0.29, 0.717) is 6.07 Å². The maximum Gasteiger partial charge on any atom is 0.416 e. The number of ether oxygens (including phenoxy) is 2. The van der Waals surface area contributed by atoms with Crippen molar-refractivity contribution in [3.05, 3.63) is 77.9 Å². The minimum absolute atomic E-state index is 0.0798. The number of anilines is 2. The number of carbonyl (C=O) groups is 2. The number of rotatable bonds is 7. The molecule has 0 fully saturated rings. The second kappa shape index (κ2) is 12.2. The fraction of sp³-hybridized carbons (Fsp3) is 0.310. The highest BCUT2D eigenvalue weighted by Crippen LogP contribution is 2.40. The molecule has 0 aromatic heterocycles. The smallest absolute Gasteiger partial charge is 0.416 e. The average Bonchev–Trinajstić information content (AvgIpc) is 2.91. The number of aryl methyl sites for hydroxylation is 1. The molecule has 1 atom stereocenters. The Kier molecular flexibility index (Phi) is 9.13. The predicted molar refractivity (Wildman–Crippen MR) is 158 cm³/mol. The van der Waals surface area contributed by atoms with Crippen molar-refractivity contribution in [3.63, 3.8) is 0 Å². The lowest BCUT2D eigenvalue weighted by molar-refractivity contribution is -0.137. The van der Waals surface area contributed by atoms with Gasteiger partial charge in [-0.3, -0.25) is 14.4 Å². The second-order valence-corrected chi connectivity index (χ2v) is 14.7. The molecule has 0 aliphatic carbocycles. The molecule has 3 aromatic rings. The van der Waals surface area contributed by atoms with Gasteiger partial charge in [0.05, 0.1) is 34.0 Å². The van der Waals surface area contributed by atoms with Gasteiger partial charge in [0.1, 0.15) is 17.5 Å². The molecule has 2 N–H and O–H groups in total. The number of sulfonamides is 2. The Hall–Kier alpha value is -4.31. The van der Waals surface area contributed by atoms with Gasteiger partial charge in [0.15, 0.2) is 0 Å². The van der Waals surface area contributed by atoms with E-state index in [9.17, 15) is 39.6 Å². The van der Waals surface area contributed by atoms with E-state index in [1.807, 2.05) is 4.72 Å². The van der Waals surface area contributed by atoms with Crippen LogP contribution < -0.4 is 19.1 Å². The first-order valence-corrected chi connectivity index (χ1v) is 16.3. The Morgan fingerprint density at radius 2 is 1.62 bits per heavy atom. The fourth-order valence-corrected chi connectivity index (χ4v) is 6.82. The largest absolute Gasteiger partial charge is 0.486 e. The van der Waals surface area contributed by atoms with E-state index in [-0.39, 0.29) is 22.0 Å². The maximum atomic E-state index is 13.8. The molecule has 45 heavy (non-hydrogen) atoms. The van der Waals surface area contributed by atoms with Gasteiger partial charge >= 0.3 is 12.3 Å². The van der Waals surface area contributed by atoms with E-state index in [1.54, 1.807) is 39.8 Å². The summed E-state index contributed by atoms with van der Waals surface area (Å²) in [5.74, 6) is -1.10. The zero-order valence-corrected chi connectivity index (χ0v) is 26.1. The Morgan fingerprint density at radius 1 is 0.956 bits per heavy atom. The van der Waals surface area contributed by atoms with Crippen LogP contribution in [0.1, 0.15) is 38.3 Å². The van der Waals surface area contributed by atoms with Crippen molar-refractivity contribution >= 4 is 43.4 Å². The zero-order valence-electron chi connectivity index (χ0n) is 24.5. The molecule has 11 nitrogen and oxygen atoms in total. The normalized spacial score (nSPS) is 15.4. The van der Waals surface area contributed by atoms with E-state index >= 15 is 0 Å². The first-order chi connectivity index (χ1) is 20.7. The Labute approximate surface area is 258 Å². The summed E-state index contributed by atoms with van der Waals surface area (Å²) in [6, 6.07) is 12.7. The molecule has 4 rings (SSSR count). The van der Waals surface area contributed by atoms with Crippen LogP contribution in [0.15, 0.2) is 76.5 Å². The van der Waals surface area contributed by atoms with Crippen molar-refractivity contribution in [2.75, 3.05) is 16.2 Å². The molecular formula is C29H30F3N3O8S2. The van der Waals surface area contributed by atoms with Gasteiger partial charge in [0.25, 0.3) is 20.0 Å². The van der Waals surface area contributed by atoms with Crippen molar-refractivity contribution in [1.82, 2.24) is 4.72 Å². The van der Waals surface area contributed by atoms with E-state index in [4.69, 9.17) is 9.47 Å². The van der Waals surface area contributed by atoms with Crippen molar-refractivity contribution < 1.29 is 49.1 Å². The molecule has 1 aliphatic heterocycles. The van der Waals surface area contributed by atoms with Gasteiger partial charge in [0.2, 0.25) is 5.91 Å². The molecule has 0 bridgehead atoms. The summed E-state index contributed by atoms with van der Waals surface area (Å²) >= 11 is 0. The third-order valence-electron chi connectivity index (χ3n) is 6.28. The number of halogens is 3. The predicted octanol–water partition coefficient (Wildman–Crippen LogP) is 5.21. The minimum Gasteiger partial charge on any atom is -0.486 e. The number of hydrogen-bond donors (Lipinski definition) is 2. The van der Waals surface area contributed by atoms with Crippen LogP contribution in [-0.4, -0.2) is 47.1 Å². The van der Waals surface area contributed by atoms with Gasteiger partial charge in [-0.05, 0) is 76.2 Å². The number of alkyl halides is 3. The summed E-state index contributed by atoms with van der Waals surface area (Å²) in [6.07, 6.45) is -7.56. The minimum atomic E-state index is -4.83. The number of nitrogens with one attached hydrogen (secondary N) is 2. The van der Waals surface area contributed by atoms with E-state index in [0.717, 1.165) is 28.1 Å². The SMILES string of the molecule is Cc1ccc(S(=O)(=O)NC(=O)C[C@H]2CN(S(=O)(=O)c3cccc(C(F)(F)F)c3)c3cc(NC(=O)OC(C)(C)C)ccc3O2)cc1. The molecule has 0 saturated carbocycles. The monoisotopic (exact) mass is 669 g/mol. The van der Waals surface area contributed by atoms with Gasteiger partial charge in [-0.15, -0.1) is 0 Å². The van der Waals surface area contributed by atoms with Crippen LogP contribution in [0.25, 0.3) is 0 Å². The molecule has 242 valence electrons. The topological polar surface area (TPSA) is 148 Å². The summed E-state index contributed by atoms with van der Waals surface area (Å²) in [7, 11) is -8.99. The van der Waals surface area contributed by atoms with Crippen LogP contribution in [0, 0.1) is 6.92 Å². The highest BCUT2D eigenvalue weighted by atomic mass is 32.2. The molecule has 0 radical (unpaired) electrons. The summed E-state index contributed by atoms with van der Waals surface area (Å²) in [5, 5.41) is 2.46. The van der Waals surface area contributed by atoms with Crippen molar-refractivity contribution in [3.8, 4) is 5.75 Å². The lowest BCUT2D eigenvalue weighted by Gasteiger charge is -2.35. The lowest BCUT2D eigenvalue weighted by atomic mass is 10.1. The third kappa shape index (κ3) is 8.25. The molecule has 0 spiro atoms. The van der Waals surface area contributed by atoms with Crippen LogP contribution in [0.3, 0.4) is 0 Å². The average molecular weight is 670 g/mol. The quantitative estimate of drug-likeness (QED) is 0.348. The summed E-state index contributed by atoms with van der Waals surface area (Å²) in [4.78, 5) is 24.3. The Morgan fingerprint density at radius 3 is 2.24 bits per heavy atom. The van der Waals surface area contributed by atoms with E-state index in [2.05, 4.69) is 5.32 Å². The molecule has 1 aliphatic rings. The van der Waals surface area contributed by atoms with Crippen LogP contribution in [-0.2, 0) is 35.8 Å². The highest BCUT2D eigenvalue weighted by Gasteiger charge is 2.38. The molecule has 16 heteroatoms. The molecule has 0 unspecified atom stereocenters. The Balaban J connectivity index is 1.67. The van der Waals surface area contributed by atoms with Crippen molar-refractivity contribution in [2.45, 2.75) is 61.8 Å². The molecule has 3 aromatic carbocycles. The van der Waals surface area contributed by atoms with Gasteiger partial charge in [-0.1, -0.05) is 23.8 Å². The van der Waals surface area contributed by atoms with Gasteiger partial charge < -0.3 is 9.47 Å². The van der Waals surface area contributed by atoms with Gasteiger partial charge in [-0.2, -0.15) is 13.2 Å². The molecule has 2 amide bonds. The second-order valence-electron chi connectivity index (χ2n) is 11.2. The van der Waals surface area contributed by atoms with Crippen LogP contribution >= 0.6 is 0 Å². The van der Waals surface area contributed by atoms with E-state index < -0.39 is 73.4 Å². The number of nitrogens with zero attached hydrogens (tertiary/aromatic N) is 1. The number of carbonyl (C=O) groups excluding carboxylic acids is 2. The first-order valence-electron chi connectivity index (χ1n) is 13.4. The van der Waals surface area contributed by atoms with Crippen LogP contribution in [0.4, 0.5) is 29.3 Å². The highest BCUT2D eigenvalue weighted by molar-refractivity contribution is 7.92. The number of hydrogen-bond acceptors (Lipinski definition) is 8. The standard InChI is InChI=1S/C29H30F3N3O8S2/c1-18-8-11-22(12-9-18)44(38,39)34-26(36)16-21-17-35(45(40,41)23-7-5-6-19(14-23)29(30,31)32)24-15-20(10-13-25(24)42-21)33-27(37)43-28(2,3)4/h5-15,21H,16-17H2,1-4H3,(H,33,37)(H,34,36)/t21-/m0/s1. The van der Waals surface area contributed by atoms with Crippen LogP contribution in [0.5, 0.6) is 5.75 Å². The van der Waals surface area contributed by atoms with Crippen LogP contribution in [0.2, 0.25) is 0 Å². The molecule has 1 heterocycles. The lowest BCUT2D eigenvalue weighted by Crippen LogP contribution is -2.46. The molecule has 0 saturated heterocycles. The maximum absolute atomic E-state index is 13.8. The number of fused-ring (bicyclic) bond motifs is 1. The number of benzene rings is 3. The van der Waals surface area contributed by atoms with Crippen molar-refractivity contribution in [2.24, 2.45) is 0 Å². The first kappa shape index (κ1) is 33.6. The third-order valence-corrected chi connectivity index (χ3v) is 9.44.